The third-order valence-corrected chi connectivity index (χ3v) is 6.42. The standard InChI is InChI=1S/C25H32N4O7/c1-25(2,3)23(16-9-15(34-4)5-6-18(16)29(32)33)35-13-14-11-28(21-10-19(31)20(12-30)36-21)24-22(14)17(26)7-8-27-24/h5-9,11,19-21,23,30-31H,10,12-13H2,1-4H3,(H2,26,27)/t19?,20-,21-,23-/m1/s1. The predicted octanol–water partition coefficient (Wildman–Crippen LogP) is 3.48. The van der Waals surface area contributed by atoms with Gasteiger partial charge in [-0.3, -0.25) is 10.1 Å². The Morgan fingerprint density at radius 1 is 1.36 bits per heavy atom. The molecule has 0 spiro atoms. The van der Waals surface area contributed by atoms with Gasteiger partial charge >= 0.3 is 0 Å². The van der Waals surface area contributed by atoms with Gasteiger partial charge in [0, 0.05) is 41.5 Å². The molecule has 11 heteroatoms. The molecule has 1 fully saturated rings. The Labute approximate surface area is 208 Å². The highest BCUT2D eigenvalue weighted by molar-refractivity contribution is 5.91. The molecule has 1 aromatic carbocycles. The normalized spacial score (nSPS) is 21.1. The minimum absolute atomic E-state index is 0.0530. The number of fused-ring (bicyclic) bond motifs is 1. The fourth-order valence-corrected chi connectivity index (χ4v) is 4.68. The van der Waals surface area contributed by atoms with Crippen LogP contribution in [0.1, 0.15) is 50.7 Å². The smallest absolute Gasteiger partial charge is 0.275 e. The predicted molar refractivity (Wildman–Crippen MR) is 132 cm³/mol. The van der Waals surface area contributed by atoms with Gasteiger partial charge in [-0.1, -0.05) is 20.8 Å². The number of nitrogens with two attached hydrogens (primary N) is 1. The zero-order valence-electron chi connectivity index (χ0n) is 20.7. The number of ether oxygens (including phenoxy) is 3. The number of nitrogens with zero attached hydrogens (tertiary/aromatic N) is 3. The largest absolute Gasteiger partial charge is 0.497 e. The van der Waals surface area contributed by atoms with Crippen molar-refractivity contribution in [1.29, 1.82) is 0 Å². The second-order valence-electron chi connectivity index (χ2n) is 10.0. The molecule has 0 saturated carbocycles. The second kappa shape index (κ2) is 10.0. The summed E-state index contributed by atoms with van der Waals surface area (Å²) in [6, 6.07) is 6.29. The van der Waals surface area contributed by atoms with Crippen LogP contribution in [0.2, 0.25) is 0 Å². The Morgan fingerprint density at radius 3 is 2.72 bits per heavy atom. The summed E-state index contributed by atoms with van der Waals surface area (Å²) in [6.45, 7) is 5.64. The summed E-state index contributed by atoms with van der Waals surface area (Å²) in [7, 11) is 1.51. The number of nitrogen functional groups attached to an aromatic ring is 1. The first-order valence-electron chi connectivity index (χ1n) is 11.7. The third kappa shape index (κ3) is 4.87. The van der Waals surface area contributed by atoms with Crippen LogP contribution in [0.4, 0.5) is 11.4 Å². The number of anilines is 1. The maximum atomic E-state index is 11.8. The van der Waals surface area contributed by atoms with Gasteiger partial charge in [-0.15, -0.1) is 0 Å². The number of pyridine rings is 1. The molecule has 1 unspecified atom stereocenters. The molecule has 4 N–H and O–H groups in total. The monoisotopic (exact) mass is 500 g/mol. The van der Waals surface area contributed by atoms with E-state index in [4.69, 9.17) is 19.9 Å². The summed E-state index contributed by atoms with van der Waals surface area (Å²) in [6.07, 6.45) is 1.00. The quantitative estimate of drug-likeness (QED) is 0.311. The van der Waals surface area contributed by atoms with Crippen molar-refractivity contribution in [2.24, 2.45) is 5.41 Å². The maximum Gasteiger partial charge on any atom is 0.275 e. The molecule has 0 aliphatic carbocycles. The molecule has 1 aliphatic rings. The molecular formula is C25H32N4O7. The van der Waals surface area contributed by atoms with Crippen LogP contribution in [-0.2, 0) is 16.1 Å². The molecular weight excluding hydrogens is 468 g/mol. The molecule has 194 valence electrons. The van der Waals surface area contributed by atoms with E-state index in [-0.39, 0.29) is 25.3 Å². The number of hydrogen-bond acceptors (Lipinski definition) is 9. The minimum atomic E-state index is -0.808. The average Bonchev–Trinajstić information content (AvgIpc) is 3.38. The van der Waals surface area contributed by atoms with Crippen LogP contribution >= 0.6 is 0 Å². The van der Waals surface area contributed by atoms with Crippen molar-refractivity contribution in [3.8, 4) is 5.75 Å². The van der Waals surface area contributed by atoms with Crippen molar-refractivity contribution in [1.82, 2.24) is 9.55 Å². The summed E-state index contributed by atoms with van der Waals surface area (Å²) in [5, 5.41) is 32.2. The Morgan fingerprint density at radius 2 is 2.11 bits per heavy atom. The Bertz CT molecular complexity index is 1250. The lowest BCUT2D eigenvalue weighted by Gasteiger charge is -2.31. The number of hydrogen-bond donors (Lipinski definition) is 3. The fraction of sp³-hybridized carbons (Fsp3) is 0.480. The molecule has 0 radical (unpaired) electrons. The highest BCUT2D eigenvalue weighted by Gasteiger charge is 2.36. The first kappa shape index (κ1) is 25.8. The van der Waals surface area contributed by atoms with Crippen LogP contribution in [0.5, 0.6) is 5.75 Å². The van der Waals surface area contributed by atoms with E-state index in [1.807, 2.05) is 27.0 Å². The van der Waals surface area contributed by atoms with E-state index < -0.39 is 34.9 Å². The molecule has 3 aromatic rings. The lowest BCUT2D eigenvalue weighted by atomic mass is 9.83. The number of nitro benzene ring substituents is 1. The highest BCUT2D eigenvalue weighted by atomic mass is 16.6. The van der Waals surface area contributed by atoms with Gasteiger partial charge in [0.1, 0.15) is 23.7 Å². The van der Waals surface area contributed by atoms with E-state index >= 15 is 0 Å². The van der Waals surface area contributed by atoms with E-state index in [2.05, 4.69) is 4.98 Å². The van der Waals surface area contributed by atoms with E-state index in [0.717, 1.165) is 5.56 Å². The Balaban J connectivity index is 1.72. The summed E-state index contributed by atoms with van der Waals surface area (Å²) in [5.74, 6) is 0.494. The third-order valence-electron chi connectivity index (χ3n) is 6.42. The number of methoxy groups -OCH3 is 1. The SMILES string of the molecule is COc1ccc([N+](=O)[O-])c([C@@H](OCc2cn([C@H]3CC(O)[C@@H](CO)O3)c3nccc(N)c23)C(C)(C)C)c1. The minimum Gasteiger partial charge on any atom is -0.497 e. The summed E-state index contributed by atoms with van der Waals surface area (Å²) in [5.41, 5.74) is 7.95. The number of aliphatic hydroxyl groups is 2. The van der Waals surface area contributed by atoms with E-state index in [1.165, 1.54) is 13.2 Å². The molecule has 1 aliphatic heterocycles. The van der Waals surface area contributed by atoms with Gasteiger partial charge in [-0.25, -0.2) is 4.98 Å². The van der Waals surface area contributed by atoms with Crippen molar-refractivity contribution in [3.05, 3.63) is 57.9 Å². The molecule has 1 saturated heterocycles. The van der Waals surface area contributed by atoms with Gasteiger partial charge in [-0.2, -0.15) is 0 Å². The molecule has 4 rings (SSSR count). The number of rotatable bonds is 8. The molecule has 4 atom stereocenters. The van der Waals surface area contributed by atoms with Crippen LogP contribution in [-0.4, -0.2) is 50.6 Å². The zero-order valence-corrected chi connectivity index (χ0v) is 20.7. The van der Waals surface area contributed by atoms with Crippen LogP contribution in [0.15, 0.2) is 36.7 Å². The average molecular weight is 501 g/mol. The van der Waals surface area contributed by atoms with Gasteiger partial charge in [0.2, 0.25) is 0 Å². The van der Waals surface area contributed by atoms with Crippen LogP contribution in [0.25, 0.3) is 11.0 Å². The molecule has 2 aromatic heterocycles. The summed E-state index contributed by atoms with van der Waals surface area (Å²) in [4.78, 5) is 15.9. The summed E-state index contributed by atoms with van der Waals surface area (Å²) < 4.78 is 19.3. The van der Waals surface area contributed by atoms with Gasteiger partial charge < -0.3 is 34.7 Å². The van der Waals surface area contributed by atoms with Crippen molar-refractivity contribution >= 4 is 22.4 Å². The number of aliphatic hydroxyl groups excluding tert-OH is 2. The number of benzene rings is 1. The van der Waals surface area contributed by atoms with Gasteiger partial charge in [0.25, 0.3) is 5.69 Å². The molecule has 11 nitrogen and oxygen atoms in total. The molecule has 0 bridgehead atoms. The Hall–Kier alpha value is -3.25. The van der Waals surface area contributed by atoms with Crippen molar-refractivity contribution in [2.75, 3.05) is 19.5 Å². The summed E-state index contributed by atoms with van der Waals surface area (Å²) >= 11 is 0. The first-order chi connectivity index (χ1) is 17.0. The molecule has 36 heavy (non-hydrogen) atoms. The molecule has 0 amide bonds. The van der Waals surface area contributed by atoms with E-state index in [0.29, 0.717) is 28.0 Å². The topological polar surface area (TPSA) is 155 Å². The fourth-order valence-electron chi connectivity index (χ4n) is 4.68. The number of nitro groups is 1. The van der Waals surface area contributed by atoms with Gasteiger partial charge in [0.15, 0.2) is 0 Å². The maximum absolute atomic E-state index is 11.8. The highest BCUT2D eigenvalue weighted by Crippen LogP contribution is 2.43. The van der Waals surface area contributed by atoms with Crippen molar-refractivity contribution in [3.63, 3.8) is 0 Å². The lowest BCUT2D eigenvalue weighted by Crippen LogP contribution is -2.24. The number of aromatic nitrogens is 2. The van der Waals surface area contributed by atoms with Crippen LogP contribution < -0.4 is 10.5 Å². The molecule has 3 heterocycles. The Kier molecular flexibility index (Phi) is 7.19. The van der Waals surface area contributed by atoms with Crippen LogP contribution in [0.3, 0.4) is 0 Å². The van der Waals surface area contributed by atoms with E-state index in [1.54, 1.807) is 29.0 Å². The van der Waals surface area contributed by atoms with Gasteiger partial charge in [-0.05, 0) is 23.6 Å². The van der Waals surface area contributed by atoms with Crippen molar-refractivity contribution < 1.29 is 29.3 Å². The van der Waals surface area contributed by atoms with Gasteiger partial charge in [0.05, 0.1) is 43.0 Å². The van der Waals surface area contributed by atoms with E-state index in [9.17, 15) is 20.3 Å². The lowest BCUT2D eigenvalue weighted by molar-refractivity contribution is -0.386. The first-order valence-corrected chi connectivity index (χ1v) is 11.7. The van der Waals surface area contributed by atoms with Crippen LogP contribution in [0, 0.1) is 15.5 Å². The second-order valence-corrected chi connectivity index (χ2v) is 10.0. The zero-order chi connectivity index (χ0) is 26.2. The van der Waals surface area contributed by atoms with Crippen molar-refractivity contribution in [2.45, 2.75) is 58.3 Å².